The number of fused-ring (bicyclic) bond motifs is 1. The van der Waals surface area contributed by atoms with Crippen LogP contribution in [0.25, 0.3) is 11.0 Å². The summed E-state index contributed by atoms with van der Waals surface area (Å²) in [5.74, 6) is 0. The average molecular weight is 320 g/mol. The van der Waals surface area contributed by atoms with Crippen molar-refractivity contribution >= 4 is 16.7 Å². The summed E-state index contributed by atoms with van der Waals surface area (Å²) in [7, 11) is 1.74. The van der Waals surface area contributed by atoms with Gasteiger partial charge in [0.2, 0.25) is 0 Å². The topological polar surface area (TPSA) is 70.1 Å². The van der Waals surface area contributed by atoms with Gasteiger partial charge in [-0.1, -0.05) is 30.3 Å². The van der Waals surface area contributed by atoms with Gasteiger partial charge in [-0.3, -0.25) is 4.79 Å². The Bertz CT molecular complexity index is 958. The number of rotatable bonds is 4. The summed E-state index contributed by atoms with van der Waals surface area (Å²) < 4.78 is 0. The average Bonchev–Trinajstić information content (AvgIpc) is 2.58. The van der Waals surface area contributed by atoms with Gasteiger partial charge >= 0.3 is 0 Å². The number of benzene rings is 2. The molecule has 5 nitrogen and oxygen atoms in total. The number of aromatic nitrogens is 2. The first-order valence-electron chi connectivity index (χ1n) is 7.87. The molecule has 2 aromatic carbocycles. The lowest BCUT2D eigenvalue weighted by Gasteiger charge is -2.08. The Morgan fingerprint density at radius 1 is 1.17 bits per heavy atom. The van der Waals surface area contributed by atoms with E-state index in [1.165, 1.54) is 0 Å². The van der Waals surface area contributed by atoms with Gasteiger partial charge in [-0.05, 0) is 42.7 Å². The van der Waals surface area contributed by atoms with Crippen LogP contribution in [0.5, 0.6) is 0 Å². The Labute approximate surface area is 140 Å². The van der Waals surface area contributed by atoms with Gasteiger partial charge in [0.15, 0.2) is 0 Å². The highest BCUT2D eigenvalue weighted by atomic mass is 16.1. The first-order chi connectivity index (χ1) is 11.6. The molecule has 0 unspecified atom stereocenters. The highest BCUT2D eigenvalue weighted by Crippen LogP contribution is 2.15. The molecule has 24 heavy (non-hydrogen) atoms. The summed E-state index contributed by atoms with van der Waals surface area (Å²) in [5.41, 5.74) is 8.68. The largest absolute Gasteiger partial charge is 0.319 e. The summed E-state index contributed by atoms with van der Waals surface area (Å²) in [6.45, 7) is 4.06. The summed E-state index contributed by atoms with van der Waals surface area (Å²) >= 11 is 0. The Balaban J connectivity index is 2.05. The molecule has 1 aromatic heterocycles. The molecule has 0 aliphatic carbocycles. The predicted octanol–water partition coefficient (Wildman–Crippen LogP) is 2.71. The van der Waals surface area contributed by atoms with Crippen LogP contribution in [0.4, 0.5) is 0 Å². The lowest BCUT2D eigenvalue weighted by Crippen LogP contribution is -2.20. The van der Waals surface area contributed by atoms with E-state index in [-0.39, 0.29) is 5.56 Å². The Morgan fingerprint density at radius 3 is 2.58 bits per heavy atom. The van der Waals surface area contributed by atoms with Gasteiger partial charge in [-0.2, -0.15) is 5.10 Å². The molecule has 2 N–H and O–H groups in total. The van der Waals surface area contributed by atoms with E-state index in [9.17, 15) is 4.79 Å². The molecule has 0 spiro atoms. The predicted molar refractivity (Wildman–Crippen MR) is 97.6 cm³/mol. The molecule has 0 radical (unpaired) electrons. The Kier molecular flexibility index (Phi) is 4.42. The van der Waals surface area contributed by atoms with Gasteiger partial charge in [0.25, 0.3) is 5.56 Å². The molecule has 0 aliphatic rings. The number of hydrogen-bond acceptors (Lipinski definition) is 4. The second-order valence-electron chi connectivity index (χ2n) is 5.79. The lowest BCUT2D eigenvalue weighted by atomic mass is 10.1. The van der Waals surface area contributed by atoms with Crippen molar-refractivity contribution in [3.8, 4) is 0 Å². The minimum atomic E-state index is -0.175. The fraction of sp³-hybridized carbons (Fsp3) is 0.211. The van der Waals surface area contributed by atoms with Crippen molar-refractivity contribution in [1.82, 2.24) is 15.4 Å². The summed E-state index contributed by atoms with van der Waals surface area (Å²) in [4.78, 5) is 19.9. The van der Waals surface area contributed by atoms with Crippen LogP contribution < -0.4 is 11.0 Å². The molecule has 0 saturated carbocycles. The normalized spacial score (nSPS) is 11.7. The molecular weight excluding hydrogens is 300 g/mol. The molecular formula is C19H20N4O. The maximum Gasteiger partial charge on any atom is 0.270 e. The number of hydrogen-bond donors (Lipinski definition) is 2. The zero-order valence-corrected chi connectivity index (χ0v) is 14.1. The number of nitrogens with zero attached hydrogens (tertiary/aromatic N) is 2. The minimum Gasteiger partial charge on any atom is -0.319 e. The second kappa shape index (κ2) is 6.66. The van der Waals surface area contributed by atoms with Gasteiger partial charge in [0.1, 0.15) is 5.69 Å². The summed E-state index contributed by atoms with van der Waals surface area (Å²) in [5, 5.41) is 4.32. The van der Waals surface area contributed by atoms with Gasteiger partial charge in [0, 0.05) is 13.5 Å². The fourth-order valence-electron chi connectivity index (χ4n) is 2.63. The molecule has 0 saturated heterocycles. The standard InChI is InChI=1S/C19H20N4O/c1-12-9-16-17(10-13(12)2)22-19(24)18(21-16)11-15(23-20-3)14-7-5-4-6-8-14/h4-10,20H,11H2,1-3H3,(H,22,24)/b23-15-. The van der Waals surface area contributed by atoms with Crippen molar-refractivity contribution in [2.24, 2.45) is 5.10 Å². The molecule has 0 fully saturated rings. The molecule has 0 aliphatic heterocycles. The van der Waals surface area contributed by atoms with Gasteiger partial charge in [0.05, 0.1) is 16.7 Å². The smallest absolute Gasteiger partial charge is 0.270 e. The van der Waals surface area contributed by atoms with Crippen LogP contribution in [0.2, 0.25) is 0 Å². The molecule has 0 bridgehead atoms. The molecule has 3 aromatic rings. The fourth-order valence-corrected chi connectivity index (χ4v) is 2.63. The van der Waals surface area contributed by atoms with Crippen molar-refractivity contribution in [2.45, 2.75) is 20.3 Å². The van der Waals surface area contributed by atoms with Crippen molar-refractivity contribution in [3.63, 3.8) is 0 Å². The summed E-state index contributed by atoms with van der Waals surface area (Å²) in [6, 6.07) is 13.8. The number of H-pyrrole nitrogens is 1. The Morgan fingerprint density at radius 2 is 1.88 bits per heavy atom. The van der Waals surface area contributed by atoms with Gasteiger partial charge in [-0.15, -0.1) is 0 Å². The van der Waals surface area contributed by atoms with E-state index in [1.54, 1.807) is 7.05 Å². The van der Waals surface area contributed by atoms with Crippen LogP contribution in [-0.4, -0.2) is 22.7 Å². The first kappa shape index (κ1) is 15.9. The van der Waals surface area contributed by atoms with E-state index >= 15 is 0 Å². The zero-order chi connectivity index (χ0) is 17.1. The van der Waals surface area contributed by atoms with Crippen LogP contribution in [-0.2, 0) is 6.42 Å². The maximum absolute atomic E-state index is 12.4. The van der Waals surface area contributed by atoms with E-state index in [2.05, 4.69) is 20.5 Å². The van der Waals surface area contributed by atoms with Crippen molar-refractivity contribution < 1.29 is 0 Å². The van der Waals surface area contributed by atoms with E-state index in [1.807, 2.05) is 56.3 Å². The van der Waals surface area contributed by atoms with Crippen molar-refractivity contribution in [1.29, 1.82) is 0 Å². The number of hydrazone groups is 1. The number of nitrogens with one attached hydrogen (secondary N) is 2. The van der Waals surface area contributed by atoms with Crippen molar-refractivity contribution in [2.75, 3.05) is 7.05 Å². The minimum absolute atomic E-state index is 0.175. The first-order valence-corrected chi connectivity index (χ1v) is 7.87. The highest BCUT2D eigenvalue weighted by Gasteiger charge is 2.11. The molecule has 0 atom stereocenters. The lowest BCUT2D eigenvalue weighted by molar-refractivity contribution is 0.891. The molecule has 3 rings (SSSR count). The van der Waals surface area contributed by atoms with Crippen LogP contribution in [0.1, 0.15) is 22.4 Å². The van der Waals surface area contributed by atoms with E-state index in [0.717, 1.165) is 33.4 Å². The van der Waals surface area contributed by atoms with E-state index in [4.69, 9.17) is 0 Å². The molecule has 122 valence electrons. The highest BCUT2D eigenvalue weighted by molar-refractivity contribution is 6.01. The van der Waals surface area contributed by atoms with Crippen LogP contribution in [0, 0.1) is 13.8 Å². The zero-order valence-electron chi connectivity index (χ0n) is 14.1. The number of aromatic amines is 1. The number of aryl methyl sites for hydroxylation is 2. The third-order valence-corrected chi connectivity index (χ3v) is 4.07. The van der Waals surface area contributed by atoms with E-state index in [0.29, 0.717) is 12.1 Å². The third kappa shape index (κ3) is 3.20. The van der Waals surface area contributed by atoms with Crippen LogP contribution in [0.3, 0.4) is 0 Å². The third-order valence-electron chi connectivity index (χ3n) is 4.07. The SMILES string of the molecule is CN/N=C(/Cc1nc2cc(C)c(C)cc2[nH]c1=O)c1ccccc1. The quantitative estimate of drug-likeness (QED) is 0.573. The molecule has 1 heterocycles. The van der Waals surface area contributed by atoms with Crippen molar-refractivity contribution in [3.05, 3.63) is 75.2 Å². The van der Waals surface area contributed by atoms with E-state index < -0.39 is 0 Å². The summed E-state index contributed by atoms with van der Waals surface area (Å²) in [6.07, 6.45) is 0.364. The van der Waals surface area contributed by atoms with Crippen LogP contribution >= 0.6 is 0 Å². The Hall–Kier alpha value is -2.95. The second-order valence-corrected chi connectivity index (χ2v) is 5.79. The molecule has 5 heteroatoms. The van der Waals surface area contributed by atoms with Gasteiger partial charge in [-0.25, -0.2) is 4.98 Å². The molecule has 0 amide bonds. The van der Waals surface area contributed by atoms with Gasteiger partial charge < -0.3 is 10.4 Å². The monoisotopic (exact) mass is 320 g/mol. The van der Waals surface area contributed by atoms with Crippen LogP contribution in [0.15, 0.2) is 52.4 Å². The maximum atomic E-state index is 12.4.